The first kappa shape index (κ1) is 12.1. The van der Waals surface area contributed by atoms with Crippen LogP contribution in [0.1, 0.15) is 43.1 Å². The molecule has 1 fully saturated rings. The van der Waals surface area contributed by atoms with Crippen LogP contribution in [0, 0.1) is 0 Å². The van der Waals surface area contributed by atoms with Gasteiger partial charge in [0.25, 0.3) is 0 Å². The van der Waals surface area contributed by atoms with Crippen molar-refractivity contribution in [3.8, 4) is 0 Å². The molecule has 1 aromatic heterocycles. The van der Waals surface area contributed by atoms with Gasteiger partial charge in [-0.15, -0.1) is 0 Å². The van der Waals surface area contributed by atoms with Crippen LogP contribution in [0.25, 0.3) is 0 Å². The van der Waals surface area contributed by atoms with Gasteiger partial charge >= 0.3 is 5.97 Å². The van der Waals surface area contributed by atoms with Gasteiger partial charge in [-0.3, -0.25) is 0 Å². The number of carbonyl (C=O) groups is 1. The van der Waals surface area contributed by atoms with Crippen LogP contribution in [0.3, 0.4) is 0 Å². The average molecular weight is 241 g/mol. The van der Waals surface area contributed by atoms with Gasteiger partial charge in [-0.1, -0.05) is 0 Å². The highest BCUT2D eigenvalue weighted by molar-refractivity contribution is 5.88. The lowest BCUT2D eigenvalue weighted by molar-refractivity contribution is -0.141. The van der Waals surface area contributed by atoms with E-state index in [0.717, 1.165) is 0 Å². The van der Waals surface area contributed by atoms with Crippen LogP contribution in [-0.2, 0) is 14.2 Å². The highest BCUT2D eigenvalue weighted by Crippen LogP contribution is 2.34. The molecule has 0 radical (unpaired) electrons. The third-order valence-electron chi connectivity index (χ3n) is 2.36. The number of aromatic nitrogens is 1. The monoisotopic (exact) mass is 241 g/mol. The molecular formula is C11H15NO5. The Bertz CT molecular complexity index is 412. The SMILES string of the molecule is CCOC(=O)c1ncoc1[C@H]1COC(C)(C)O1. The first-order valence-electron chi connectivity index (χ1n) is 5.46. The normalized spacial score (nSPS) is 22.6. The zero-order valence-electron chi connectivity index (χ0n) is 10.1. The minimum Gasteiger partial charge on any atom is -0.461 e. The van der Waals surface area contributed by atoms with E-state index in [1.165, 1.54) is 6.39 Å². The molecule has 0 N–H and O–H groups in total. The van der Waals surface area contributed by atoms with Gasteiger partial charge in [0.2, 0.25) is 0 Å². The molecule has 0 bridgehead atoms. The largest absolute Gasteiger partial charge is 0.461 e. The lowest BCUT2D eigenvalue weighted by Gasteiger charge is -2.16. The minimum absolute atomic E-state index is 0.151. The fraction of sp³-hybridized carbons (Fsp3) is 0.636. The molecule has 94 valence electrons. The van der Waals surface area contributed by atoms with Crippen LogP contribution in [0.4, 0.5) is 0 Å². The maximum absolute atomic E-state index is 11.6. The molecule has 6 heteroatoms. The summed E-state index contributed by atoms with van der Waals surface area (Å²) in [6.07, 6.45) is 0.780. The van der Waals surface area contributed by atoms with Crippen LogP contribution >= 0.6 is 0 Å². The molecule has 17 heavy (non-hydrogen) atoms. The Morgan fingerprint density at radius 2 is 2.41 bits per heavy atom. The molecule has 1 saturated heterocycles. The molecule has 1 aliphatic rings. The molecule has 0 aliphatic carbocycles. The molecule has 1 aromatic rings. The summed E-state index contributed by atoms with van der Waals surface area (Å²) in [5, 5.41) is 0. The Morgan fingerprint density at radius 1 is 1.65 bits per heavy atom. The van der Waals surface area contributed by atoms with E-state index >= 15 is 0 Å². The smallest absolute Gasteiger partial charge is 0.360 e. The molecule has 1 aliphatic heterocycles. The molecule has 2 heterocycles. The minimum atomic E-state index is -0.677. The fourth-order valence-electron chi connectivity index (χ4n) is 1.65. The molecule has 0 amide bonds. The van der Waals surface area contributed by atoms with Gasteiger partial charge in [0.15, 0.2) is 23.6 Å². The predicted octanol–water partition coefficient (Wildman–Crippen LogP) is 1.68. The summed E-state index contributed by atoms with van der Waals surface area (Å²) in [7, 11) is 0. The van der Waals surface area contributed by atoms with Crippen LogP contribution in [0.15, 0.2) is 10.8 Å². The van der Waals surface area contributed by atoms with Crippen LogP contribution in [-0.4, -0.2) is 30.0 Å². The van der Waals surface area contributed by atoms with E-state index in [1.54, 1.807) is 20.8 Å². The number of hydrogen-bond donors (Lipinski definition) is 0. The predicted molar refractivity (Wildman–Crippen MR) is 56.3 cm³/mol. The quantitative estimate of drug-likeness (QED) is 0.750. The van der Waals surface area contributed by atoms with Gasteiger partial charge in [-0.2, -0.15) is 0 Å². The standard InChI is InChI=1S/C11H15NO5/c1-4-14-10(13)8-9(15-6-12-8)7-5-16-11(2,3)17-7/h6-7H,4-5H2,1-3H3/t7-/m1/s1. The molecule has 2 rings (SSSR count). The molecule has 0 saturated carbocycles. The Balaban J connectivity index is 2.17. The van der Waals surface area contributed by atoms with Crippen molar-refractivity contribution in [3.05, 3.63) is 17.8 Å². The van der Waals surface area contributed by atoms with Gasteiger partial charge in [0, 0.05) is 0 Å². The summed E-state index contributed by atoms with van der Waals surface area (Å²) in [6, 6.07) is 0. The van der Waals surface area contributed by atoms with Crippen LogP contribution in [0.2, 0.25) is 0 Å². The summed E-state index contributed by atoms with van der Waals surface area (Å²) in [5.74, 6) is -0.831. The van der Waals surface area contributed by atoms with Crippen molar-refractivity contribution in [3.63, 3.8) is 0 Å². The van der Waals surface area contributed by atoms with Gasteiger partial charge < -0.3 is 18.6 Å². The third kappa shape index (κ3) is 2.48. The summed E-state index contributed by atoms with van der Waals surface area (Å²) in [4.78, 5) is 15.5. The summed E-state index contributed by atoms with van der Waals surface area (Å²) in [6.45, 7) is 5.95. The van der Waals surface area contributed by atoms with E-state index in [9.17, 15) is 4.79 Å². The summed E-state index contributed by atoms with van der Waals surface area (Å²) < 4.78 is 21.1. The maximum atomic E-state index is 11.6. The lowest BCUT2D eigenvalue weighted by atomic mass is 10.2. The Hall–Kier alpha value is -1.40. The Labute approximate surface area is 98.9 Å². The lowest BCUT2D eigenvalue weighted by Crippen LogP contribution is -2.20. The maximum Gasteiger partial charge on any atom is 0.360 e. The van der Waals surface area contributed by atoms with Gasteiger partial charge in [-0.25, -0.2) is 9.78 Å². The second-order valence-corrected chi connectivity index (χ2v) is 4.10. The van der Waals surface area contributed by atoms with Crippen molar-refractivity contribution in [2.45, 2.75) is 32.7 Å². The number of nitrogens with zero attached hydrogens (tertiary/aromatic N) is 1. The average Bonchev–Trinajstić information content (AvgIpc) is 2.84. The van der Waals surface area contributed by atoms with Crippen molar-refractivity contribution in [1.29, 1.82) is 0 Å². The van der Waals surface area contributed by atoms with E-state index in [2.05, 4.69) is 4.98 Å². The molecule has 0 aromatic carbocycles. The van der Waals surface area contributed by atoms with E-state index in [-0.39, 0.29) is 5.69 Å². The van der Waals surface area contributed by atoms with Crippen molar-refractivity contribution >= 4 is 5.97 Å². The van der Waals surface area contributed by atoms with E-state index in [1.807, 2.05) is 0 Å². The van der Waals surface area contributed by atoms with Crippen molar-refractivity contribution in [1.82, 2.24) is 4.98 Å². The second kappa shape index (κ2) is 4.46. The number of ether oxygens (including phenoxy) is 3. The zero-order valence-corrected chi connectivity index (χ0v) is 10.1. The second-order valence-electron chi connectivity index (χ2n) is 4.10. The third-order valence-corrected chi connectivity index (χ3v) is 2.36. The van der Waals surface area contributed by atoms with Crippen molar-refractivity contribution in [2.24, 2.45) is 0 Å². The summed E-state index contributed by atoms with van der Waals surface area (Å²) >= 11 is 0. The number of hydrogen-bond acceptors (Lipinski definition) is 6. The zero-order chi connectivity index (χ0) is 12.5. The first-order chi connectivity index (χ1) is 8.03. The molecule has 6 nitrogen and oxygen atoms in total. The van der Waals surface area contributed by atoms with Gasteiger partial charge in [0.1, 0.15) is 6.10 Å². The summed E-state index contributed by atoms with van der Waals surface area (Å²) in [5.41, 5.74) is 0.151. The topological polar surface area (TPSA) is 70.8 Å². The highest BCUT2D eigenvalue weighted by atomic mass is 16.7. The molecular weight excluding hydrogens is 226 g/mol. The number of esters is 1. The number of oxazole rings is 1. The van der Waals surface area contributed by atoms with Gasteiger partial charge in [0.05, 0.1) is 13.2 Å². The van der Waals surface area contributed by atoms with E-state index in [0.29, 0.717) is 19.0 Å². The Kier molecular flexibility index (Phi) is 3.17. The van der Waals surface area contributed by atoms with Crippen LogP contribution in [0.5, 0.6) is 0 Å². The number of carbonyl (C=O) groups excluding carboxylic acids is 1. The Morgan fingerprint density at radius 3 is 3.00 bits per heavy atom. The van der Waals surface area contributed by atoms with E-state index in [4.69, 9.17) is 18.6 Å². The molecule has 0 unspecified atom stereocenters. The highest BCUT2D eigenvalue weighted by Gasteiger charge is 2.38. The van der Waals surface area contributed by atoms with Crippen molar-refractivity contribution < 1.29 is 23.4 Å². The van der Waals surface area contributed by atoms with Gasteiger partial charge in [-0.05, 0) is 20.8 Å². The number of rotatable bonds is 3. The van der Waals surface area contributed by atoms with Crippen LogP contribution < -0.4 is 0 Å². The first-order valence-corrected chi connectivity index (χ1v) is 5.46. The van der Waals surface area contributed by atoms with Crippen molar-refractivity contribution in [2.75, 3.05) is 13.2 Å². The molecule has 0 spiro atoms. The fourth-order valence-corrected chi connectivity index (χ4v) is 1.65. The van der Waals surface area contributed by atoms with E-state index < -0.39 is 17.9 Å². The molecule has 1 atom stereocenters.